The predicted octanol–water partition coefficient (Wildman–Crippen LogP) is 3.39. The van der Waals surface area contributed by atoms with Gasteiger partial charge in [0.05, 0.1) is 5.69 Å². The fourth-order valence-electron chi connectivity index (χ4n) is 2.45. The normalized spacial score (nSPS) is 10.3. The number of nitrogens with one attached hydrogen (secondary N) is 2. The van der Waals surface area contributed by atoms with Crippen molar-refractivity contribution in [1.29, 1.82) is 0 Å². The molecule has 6 heteroatoms. The smallest absolute Gasteiger partial charge is 0.276 e. The van der Waals surface area contributed by atoms with Gasteiger partial charge in [-0.05, 0) is 36.8 Å². The van der Waals surface area contributed by atoms with Gasteiger partial charge in [0.1, 0.15) is 5.82 Å². The fourth-order valence-corrected chi connectivity index (χ4v) is 2.45. The lowest BCUT2D eigenvalue weighted by atomic mass is 10.2. The summed E-state index contributed by atoms with van der Waals surface area (Å²) >= 11 is 0. The van der Waals surface area contributed by atoms with Crippen molar-refractivity contribution in [2.24, 2.45) is 0 Å². The minimum absolute atomic E-state index is 0.217. The molecule has 2 aromatic carbocycles. The van der Waals surface area contributed by atoms with Crippen LogP contribution in [0.3, 0.4) is 0 Å². The molecule has 0 unspecified atom stereocenters. The van der Waals surface area contributed by atoms with Crippen molar-refractivity contribution < 1.29 is 9.59 Å². The Kier molecular flexibility index (Phi) is 4.61. The number of hydrogen-bond donors (Lipinski definition) is 2. The molecular formula is C19H18N4O2. The number of hydrogen-bond acceptors (Lipinski definition) is 3. The van der Waals surface area contributed by atoms with E-state index in [1.54, 1.807) is 6.07 Å². The third-order valence-corrected chi connectivity index (χ3v) is 3.52. The molecule has 0 aliphatic rings. The number of benzene rings is 2. The molecule has 0 saturated heterocycles. The van der Waals surface area contributed by atoms with Crippen LogP contribution in [0.15, 0.2) is 60.7 Å². The molecule has 0 fully saturated rings. The van der Waals surface area contributed by atoms with Crippen molar-refractivity contribution in [3.8, 4) is 5.69 Å². The van der Waals surface area contributed by atoms with Gasteiger partial charge in [-0.1, -0.05) is 30.3 Å². The van der Waals surface area contributed by atoms with Gasteiger partial charge >= 0.3 is 0 Å². The van der Waals surface area contributed by atoms with Crippen molar-refractivity contribution in [1.82, 2.24) is 9.78 Å². The molecule has 126 valence electrons. The highest BCUT2D eigenvalue weighted by molar-refractivity contribution is 6.04. The minimum atomic E-state index is -0.341. The predicted molar refractivity (Wildman–Crippen MR) is 97.0 cm³/mol. The second-order valence-electron chi connectivity index (χ2n) is 5.67. The van der Waals surface area contributed by atoms with Crippen molar-refractivity contribution in [2.75, 3.05) is 10.6 Å². The summed E-state index contributed by atoms with van der Waals surface area (Å²) < 4.78 is 1.53. The van der Waals surface area contributed by atoms with E-state index < -0.39 is 0 Å². The molecule has 0 spiro atoms. The Hall–Kier alpha value is -3.41. The molecule has 2 N–H and O–H groups in total. The first kappa shape index (κ1) is 16.4. The molecule has 0 atom stereocenters. The molecule has 0 aliphatic heterocycles. The Labute approximate surface area is 145 Å². The van der Waals surface area contributed by atoms with Gasteiger partial charge in [0.15, 0.2) is 5.69 Å². The quantitative estimate of drug-likeness (QED) is 0.768. The SMILES string of the molecule is CC(=O)Nc1cc(C(=O)Nc2cccc(C)c2)nn1-c1ccccc1. The maximum Gasteiger partial charge on any atom is 0.276 e. The van der Waals surface area contributed by atoms with Crippen LogP contribution in [0.4, 0.5) is 11.5 Å². The summed E-state index contributed by atoms with van der Waals surface area (Å²) in [6.45, 7) is 3.36. The van der Waals surface area contributed by atoms with E-state index >= 15 is 0 Å². The number of rotatable bonds is 4. The Morgan fingerprint density at radius 3 is 2.40 bits per heavy atom. The van der Waals surface area contributed by atoms with Crippen molar-refractivity contribution >= 4 is 23.3 Å². The van der Waals surface area contributed by atoms with Crippen LogP contribution < -0.4 is 10.6 Å². The highest BCUT2D eigenvalue weighted by Gasteiger charge is 2.16. The van der Waals surface area contributed by atoms with Crippen molar-refractivity contribution in [3.05, 3.63) is 71.9 Å². The summed E-state index contributed by atoms with van der Waals surface area (Å²) in [6, 6.07) is 18.4. The van der Waals surface area contributed by atoms with E-state index in [4.69, 9.17) is 0 Å². The first-order valence-corrected chi connectivity index (χ1v) is 7.84. The van der Waals surface area contributed by atoms with Crippen molar-refractivity contribution in [2.45, 2.75) is 13.8 Å². The van der Waals surface area contributed by atoms with Gasteiger partial charge in [0.2, 0.25) is 5.91 Å². The van der Waals surface area contributed by atoms with Crippen LogP contribution in [-0.2, 0) is 4.79 Å². The maximum absolute atomic E-state index is 12.5. The first-order valence-electron chi connectivity index (χ1n) is 7.84. The minimum Gasteiger partial charge on any atom is -0.321 e. The number of nitrogens with zero attached hydrogens (tertiary/aromatic N) is 2. The zero-order valence-corrected chi connectivity index (χ0v) is 14.0. The molecule has 6 nitrogen and oxygen atoms in total. The number of aryl methyl sites for hydroxylation is 1. The first-order chi connectivity index (χ1) is 12.0. The molecule has 3 aromatic rings. The molecule has 25 heavy (non-hydrogen) atoms. The largest absolute Gasteiger partial charge is 0.321 e. The second-order valence-corrected chi connectivity index (χ2v) is 5.67. The van der Waals surface area contributed by atoms with Gasteiger partial charge < -0.3 is 10.6 Å². The maximum atomic E-state index is 12.5. The van der Waals surface area contributed by atoms with Crippen molar-refractivity contribution in [3.63, 3.8) is 0 Å². The number of anilines is 2. The molecule has 0 aliphatic carbocycles. The Balaban J connectivity index is 1.92. The summed E-state index contributed by atoms with van der Waals surface area (Å²) in [5.74, 6) is -0.136. The van der Waals surface area contributed by atoms with Crippen LogP contribution in [0.5, 0.6) is 0 Å². The highest BCUT2D eigenvalue weighted by atomic mass is 16.2. The van der Waals surface area contributed by atoms with Crippen LogP contribution in [0.25, 0.3) is 5.69 Å². The average Bonchev–Trinajstić information content (AvgIpc) is 2.99. The Bertz CT molecular complexity index is 916. The van der Waals surface area contributed by atoms with Gasteiger partial charge in [-0.3, -0.25) is 9.59 Å². The molecule has 0 bridgehead atoms. The van der Waals surface area contributed by atoms with Crippen LogP contribution >= 0.6 is 0 Å². The lowest BCUT2D eigenvalue weighted by Crippen LogP contribution is -2.13. The summed E-state index contributed by atoms with van der Waals surface area (Å²) in [4.78, 5) is 24.0. The van der Waals surface area contributed by atoms with Gasteiger partial charge in [-0.2, -0.15) is 5.10 Å². The second kappa shape index (κ2) is 7.00. The highest BCUT2D eigenvalue weighted by Crippen LogP contribution is 2.18. The summed E-state index contributed by atoms with van der Waals surface area (Å²) in [5, 5.41) is 9.86. The summed E-state index contributed by atoms with van der Waals surface area (Å²) in [5.41, 5.74) is 2.71. The van der Waals surface area contributed by atoms with Gasteiger partial charge in [-0.25, -0.2) is 4.68 Å². The number of para-hydroxylation sites is 1. The number of carbonyl (C=O) groups excluding carboxylic acids is 2. The number of amides is 2. The molecule has 0 saturated carbocycles. The van der Waals surface area contributed by atoms with E-state index in [1.165, 1.54) is 11.6 Å². The van der Waals surface area contributed by atoms with E-state index in [0.29, 0.717) is 11.5 Å². The third kappa shape index (κ3) is 3.92. The van der Waals surface area contributed by atoms with Crippen LogP contribution in [0.1, 0.15) is 23.0 Å². The van der Waals surface area contributed by atoms with Crippen LogP contribution in [0, 0.1) is 6.92 Å². The molecule has 2 amide bonds. The zero-order valence-electron chi connectivity index (χ0n) is 14.0. The molecular weight excluding hydrogens is 316 g/mol. The van der Waals surface area contributed by atoms with Gasteiger partial charge in [0, 0.05) is 18.7 Å². The van der Waals surface area contributed by atoms with E-state index in [0.717, 1.165) is 11.3 Å². The van der Waals surface area contributed by atoms with E-state index in [2.05, 4.69) is 15.7 Å². The van der Waals surface area contributed by atoms with E-state index in [1.807, 2.05) is 61.5 Å². The van der Waals surface area contributed by atoms with Crippen LogP contribution in [0.2, 0.25) is 0 Å². The monoisotopic (exact) mass is 334 g/mol. The fraction of sp³-hybridized carbons (Fsp3) is 0.105. The number of carbonyl (C=O) groups is 2. The topological polar surface area (TPSA) is 76.0 Å². The van der Waals surface area contributed by atoms with Gasteiger partial charge in [0.25, 0.3) is 5.91 Å². The standard InChI is InChI=1S/C19H18N4O2/c1-13-7-6-8-15(11-13)21-19(25)17-12-18(20-14(2)24)23(22-17)16-9-4-3-5-10-16/h3-12H,1-2H3,(H,20,24)(H,21,25). The van der Waals surface area contributed by atoms with Gasteiger partial charge in [-0.15, -0.1) is 0 Å². The lowest BCUT2D eigenvalue weighted by molar-refractivity contribution is -0.114. The molecule has 1 aromatic heterocycles. The lowest BCUT2D eigenvalue weighted by Gasteiger charge is -2.06. The van der Waals surface area contributed by atoms with E-state index in [-0.39, 0.29) is 17.5 Å². The molecule has 0 radical (unpaired) electrons. The zero-order chi connectivity index (χ0) is 17.8. The summed E-state index contributed by atoms with van der Waals surface area (Å²) in [6.07, 6.45) is 0. The number of aromatic nitrogens is 2. The van der Waals surface area contributed by atoms with Crippen LogP contribution in [-0.4, -0.2) is 21.6 Å². The third-order valence-electron chi connectivity index (χ3n) is 3.52. The summed E-state index contributed by atoms with van der Waals surface area (Å²) in [7, 11) is 0. The Morgan fingerprint density at radius 1 is 0.960 bits per heavy atom. The van der Waals surface area contributed by atoms with E-state index in [9.17, 15) is 9.59 Å². The molecule has 3 rings (SSSR count). The Morgan fingerprint density at radius 2 is 1.72 bits per heavy atom. The molecule has 1 heterocycles. The average molecular weight is 334 g/mol.